The number of hydrogen-bond acceptors (Lipinski definition) is 2. The van der Waals surface area contributed by atoms with E-state index in [0.29, 0.717) is 0 Å². The highest BCUT2D eigenvalue weighted by molar-refractivity contribution is 8.15. The average Bonchev–Trinajstić information content (AvgIpc) is 1.69. The molecule has 0 saturated carbocycles. The minimum Gasteiger partial charge on any atom is -0.151 e. The van der Waals surface area contributed by atoms with Crippen LogP contribution in [-0.4, -0.2) is 16.6 Å². The van der Waals surface area contributed by atoms with Crippen molar-refractivity contribution in [2.45, 2.75) is 6.92 Å². The van der Waals surface area contributed by atoms with Crippen LogP contribution in [-0.2, 0) is 0 Å². The largest absolute Gasteiger partial charge is 0.151 e. The van der Waals surface area contributed by atoms with Crippen LogP contribution >= 0.6 is 23.5 Å². The van der Waals surface area contributed by atoms with Gasteiger partial charge in [0.1, 0.15) is 0 Å². The SMILES string of the molecule is [CH2]CSCSCC. The van der Waals surface area contributed by atoms with E-state index in [1.54, 1.807) is 0 Å². The van der Waals surface area contributed by atoms with Crippen LogP contribution < -0.4 is 0 Å². The first kappa shape index (κ1) is 7.70. The minimum absolute atomic E-state index is 1.01. The lowest BCUT2D eigenvalue weighted by Crippen LogP contribution is -1.71. The smallest absolute Gasteiger partial charge is 0.0391 e. The van der Waals surface area contributed by atoms with Crippen LogP contribution in [0.1, 0.15) is 6.92 Å². The summed E-state index contributed by atoms with van der Waals surface area (Å²) in [6.45, 7) is 5.88. The van der Waals surface area contributed by atoms with Gasteiger partial charge in [-0.05, 0) is 18.4 Å². The van der Waals surface area contributed by atoms with Crippen LogP contribution in [0.4, 0.5) is 0 Å². The molecular formula is C5H11S2. The van der Waals surface area contributed by atoms with Gasteiger partial charge in [0.15, 0.2) is 0 Å². The van der Waals surface area contributed by atoms with E-state index in [4.69, 9.17) is 0 Å². The summed E-state index contributed by atoms with van der Waals surface area (Å²) in [5, 5.41) is 1.21. The maximum absolute atomic E-state index is 3.71. The van der Waals surface area contributed by atoms with Crippen LogP contribution in [0.5, 0.6) is 0 Å². The Labute approximate surface area is 54.4 Å². The van der Waals surface area contributed by atoms with Crippen LogP contribution in [0.2, 0.25) is 0 Å². The molecule has 2 heteroatoms. The molecule has 0 fully saturated rings. The van der Waals surface area contributed by atoms with E-state index in [1.165, 1.54) is 10.8 Å². The molecule has 0 amide bonds. The molecule has 0 bridgehead atoms. The molecule has 1 radical (unpaired) electrons. The molecule has 0 nitrogen and oxygen atoms in total. The summed E-state index contributed by atoms with van der Waals surface area (Å²) in [4.78, 5) is 0. The molecule has 0 unspecified atom stereocenters. The van der Waals surface area contributed by atoms with Crippen LogP contribution in [0.3, 0.4) is 0 Å². The van der Waals surface area contributed by atoms with Gasteiger partial charge in [-0.2, -0.15) is 23.5 Å². The Balaban J connectivity index is 2.45. The first-order valence-electron chi connectivity index (χ1n) is 2.36. The van der Waals surface area contributed by atoms with Gasteiger partial charge in [0, 0.05) is 5.08 Å². The molecule has 0 aromatic carbocycles. The van der Waals surface area contributed by atoms with E-state index >= 15 is 0 Å². The van der Waals surface area contributed by atoms with E-state index in [9.17, 15) is 0 Å². The summed E-state index contributed by atoms with van der Waals surface area (Å²) in [5.74, 6) is 2.24. The van der Waals surface area contributed by atoms with Crippen molar-refractivity contribution in [3.05, 3.63) is 6.92 Å². The van der Waals surface area contributed by atoms with Crippen molar-refractivity contribution in [2.24, 2.45) is 0 Å². The molecule has 0 aliphatic heterocycles. The molecular weight excluding hydrogens is 124 g/mol. The quantitative estimate of drug-likeness (QED) is 0.428. The molecule has 0 spiro atoms. The van der Waals surface area contributed by atoms with Gasteiger partial charge >= 0.3 is 0 Å². The van der Waals surface area contributed by atoms with Gasteiger partial charge in [-0.1, -0.05) is 6.92 Å². The highest BCUT2D eigenvalue weighted by Gasteiger charge is 1.79. The molecule has 0 aliphatic carbocycles. The Kier molecular flexibility index (Phi) is 7.37. The van der Waals surface area contributed by atoms with E-state index < -0.39 is 0 Å². The third-order valence-electron chi connectivity index (χ3n) is 0.515. The highest BCUT2D eigenvalue weighted by Crippen LogP contribution is 2.09. The van der Waals surface area contributed by atoms with Crippen molar-refractivity contribution >= 4 is 23.5 Å². The fourth-order valence-electron chi connectivity index (χ4n) is 0.201. The maximum atomic E-state index is 3.71. The fourth-order valence-corrected chi connectivity index (χ4v) is 1.81. The lowest BCUT2D eigenvalue weighted by atomic mass is 11.0. The maximum Gasteiger partial charge on any atom is 0.0391 e. The zero-order chi connectivity index (χ0) is 5.54. The van der Waals surface area contributed by atoms with Crippen LogP contribution in [0, 0.1) is 6.92 Å². The Hall–Kier alpha value is 0.700. The van der Waals surface area contributed by atoms with Crippen LogP contribution in [0.25, 0.3) is 0 Å². The predicted molar refractivity (Wildman–Crippen MR) is 40.8 cm³/mol. The molecule has 0 heterocycles. The summed E-state index contributed by atoms with van der Waals surface area (Å²) in [5.41, 5.74) is 0. The van der Waals surface area contributed by atoms with Gasteiger partial charge < -0.3 is 0 Å². The monoisotopic (exact) mass is 135 g/mol. The predicted octanol–water partition coefficient (Wildman–Crippen LogP) is 2.26. The standard InChI is InChI=1S/C5H11S2/c1-3-6-5-7-4-2/h1,3-5H2,2H3. The van der Waals surface area contributed by atoms with Gasteiger partial charge in [0.2, 0.25) is 0 Å². The van der Waals surface area contributed by atoms with Crippen molar-refractivity contribution in [2.75, 3.05) is 16.6 Å². The topological polar surface area (TPSA) is 0 Å². The normalized spacial score (nSPS) is 9.43. The lowest BCUT2D eigenvalue weighted by Gasteiger charge is -1.91. The van der Waals surface area contributed by atoms with E-state index in [1.807, 2.05) is 23.5 Å². The summed E-state index contributed by atoms with van der Waals surface area (Å²) in [6.07, 6.45) is 0. The van der Waals surface area contributed by atoms with E-state index in [-0.39, 0.29) is 0 Å². The van der Waals surface area contributed by atoms with Gasteiger partial charge in [-0.25, -0.2) is 0 Å². The summed E-state index contributed by atoms with van der Waals surface area (Å²) >= 11 is 3.84. The van der Waals surface area contributed by atoms with Gasteiger partial charge in [-0.15, -0.1) is 0 Å². The molecule has 0 aromatic rings. The van der Waals surface area contributed by atoms with Gasteiger partial charge in [-0.3, -0.25) is 0 Å². The van der Waals surface area contributed by atoms with Gasteiger partial charge in [0.05, 0.1) is 0 Å². The number of hydrogen-bond donors (Lipinski definition) is 0. The van der Waals surface area contributed by atoms with Gasteiger partial charge in [0.25, 0.3) is 0 Å². The Morgan fingerprint density at radius 2 is 2.14 bits per heavy atom. The van der Waals surface area contributed by atoms with Crippen molar-refractivity contribution in [1.82, 2.24) is 0 Å². The third kappa shape index (κ3) is 6.70. The third-order valence-corrected chi connectivity index (χ3v) is 2.55. The first-order valence-corrected chi connectivity index (χ1v) is 4.67. The Morgan fingerprint density at radius 3 is 2.57 bits per heavy atom. The molecule has 0 N–H and O–H groups in total. The summed E-state index contributed by atoms with van der Waals surface area (Å²) in [6, 6.07) is 0. The molecule has 7 heavy (non-hydrogen) atoms. The molecule has 0 aliphatic rings. The second-order valence-corrected chi connectivity index (χ2v) is 3.76. The van der Waals surface area contributed by atoms with E-state index in [2.05, 4.69) is 13.8 Å². The second-order valence-electron chi connectivity index (χ2n) is 1.02. The fraction of sp³-hybridized carbons (Fsp3) is 0.800. The van der Waals surface area contributed by atoms with Crippen molar-refractivity contribution < 1.29 is 0 Å². The number of rotatable bonds is 4. The molecule has 43 valence electrons. The van der Waals surface area contributed by atoms with Crippen molar-refractivity contribution in [3.63, 3.8) is 0 Å². The molecule has 0 rings (SSSR count). The Morgan fingerprint density at radius 1 is 1.43 bits per heavy atom. The highest BCUT2D eigenvalue weighted by atomic mass is 32.2. The second kappa shape index (κ2) is 6.70. The summed E-state index contributed by atoms with van der Waals surface area (Å²) in [7, 11) is 0. The van der Waals surface area contributed by atoms with E-state index in [0.717, 1.165) is 5.75 Å². The first-order chi connectivity index (χ1) is 3.41. The summed E-state index contributed by atoms with van der Waals surface area (Å²) < 4.78 is 0. The molecule has 0 aromatic heterocycles. The Bertz CT molecular complexity index is 25.3. The lowest BCUT2D eigenvalue weighted by molar-refractivity contribution is 1.53. The zero-order valence-electron chi connectivity index (χ0n) is 4.64. The zero-order valence-corrected chi connectivity index (χ0v) is 6.28. The number of thioether (sulfide) groups is 2. The van der Waals surface area contributed by atoms with Crippen LogP contribution in [0.15, 0.2) is 0 Å². The molecule has 0 saturated heterocycles. The van der Waals surface area contributed by atoms with Crippen molar-refractivity contribution in [1.29, 1.82) is 0 Å². The minimum atomic E-state index is 1.01. The van der Waals surface area contributed by atoms with Crippen molar-refractivity contribution in [3.8, 4) is 0 Å². The average molecular weight is 135 g/mol. The molecule has 0 atom stereocenters.